The van der Waals surface area contributed by atoms with Gasteiger partial charge in [-0.05, 0) is 12.1 Å². The summed E-state index contributed by atoms with van der Waals surface area (Å²) in [6.07, 6.45) is 4.52. The molecule has 0 bridgehead atoms. The van der Waals surface area contributed by atoms with E-state index in [1.165, 1.54) is 7.11 Å². The molecule has 0 aliphatic carbocycles. The summed E-state index contributed by atoms with van der Waals surface area (Å²) in [6.45, 7) is 1.64. The van der Waals surface area contributed by atoms with E-state index in [0.29, 0.717) is 31.4 Å². The minimum absolute atomic E-state index is 0.0451. The maximum atomic E-state index is 12.2. The number of amides is 1. The van der Waals surface area contributed by atoms with Gasteiger partial charge >= 0.3 is 0 Å². The summed E-state index contributed by atoms with van der Waals surface area (Å²) in [7, 11) is 1.54. The van der Waals surface area contributed by atoms with Gasteiger partial charge in [0.25, 0.3) is 0 Å². The van der Waals surface area contributed by atoms with Gasteiger partial charge in [-0.15, -0.1) is 10.2 Å². The lowest BCUT2D eigenvalue weighted by atomic mass is 10.3. The van der Waals surface area contributed by atoms with Crippen LogP contribution in [-0.4, -0.2) is 51.9 Å². The molecule has 1 saturated heterocycles. The fourth-order valence-electron chi connectivity index (χ4n) is 2.43. The average Bonchev–Trinajstić information content (AvgIpc) is 3.20. The van der Waals surface area contributed by atoms with Crippen molar-refractivity contribution in [2.75, 3.05) is 20.2 Å². The van der Waals surface area contributed by atoms with E-state index in [4.69, 9.17) is 9.47 Å². The number of hydrogen-bond donors (Lipinski definition) is 0. The maximum absolute atomic E-state index is 12.2. The second-order valence-corrected chi connectivity index (χ2v) is 5.14. The Morgan fingerprint density at radius 3 is 2.68 bits per heavy atom. The molecule has 0 spiro atoms. The van der Waals surface area contributed by atoms with Gasteiger partial charge in [0.2, 0.25) is 17.7 Å². The van der Waals surface area contributed by atoms with Crippen LogP contribution in [0.25, 0.3) is 0 Å². The zero-order chi connectivity index (χ0) is 15.4. The molecular weight excluding hydrogens is 284 g/mol. The highest BCUT2D eigenvalue weighted by atomic mass is 16.5. The summed E-state index contributed by atoms with van der Waals surface area (Å²) in [5.74, 6) is 0.996. The van der Waals surface area contributed by atoms with E-state index in [2.05, 4.69) is 10.2 Å². The van der Waals surface area contributed by atoms with Crippen molar-refractivity contribution < 1.29 is 14.3 Å². The Morgan fingerprint density at radius 1 is 1.27 bits per heavy atom. The van der Waals surface area contributed by atoms with Gasteiger partial charge in [-0.3, -0.25) is 4.79 Å². The van der Waals surface area contributed by atoms with Crippen molar-refractivity contribution in [1.29, 1.82) is 0 Å². The molecule has 1 atom stereocenters. The molecule has 1 aliphatic heterocycles. The largest absolute Gasteiger partial charge is 0.480 e. The summed E-state index contributed by atoms with van der Waals surface area (Å²) in [5, 5.41) is 7.80. The van der Waals surface area contributed by atoms with Gasteiger partial charge in [0, 0.05) is 37.5 Å². The summed E-state index contributed by atoms with van der Waals surface area (Å²) in [5.41, 5.74) is 0. The fourth-order valence-corrected chi connectivity index (χ4v) is 2.43. The van der Waals surface area contributed by atoms with Gasteiger partial charge in [0.1, 0.15) is 12.6 Å². The molecule has 2 aromatic heterocycles. The van der Waals surface area contributed by atoms with Crippen molar-refractivity contribution in [3.05, 3.63) is 36.7 Å². The molecule has 0 saturated carbocycles. The lowest BCUT2D eigenvalue weighted by Crippen LogP contribution is -2.33. The van der Waals surface area contributed by atoms with Crippen LogP contribution in [0.1, 0.15) is 6.42 Å². The molecule has 0 N–H and O–H groups in total. The van der Waals surface area contributed by atoms with Gasteiger partial charge in [0.05, 0.1) is 13.7 Å². The third-order valence-corrected chi connectivity index (χ3v) is 3.59. The van der Waals surface area contributed by atoms with Crippen molar-refractivity contribution in [3.8, 4) is 11.8 Å². The van der Waals surface area contributed by atoms with Crippen molar-refractivity contribution in [1.82, 2.24) is 19.7 Å². The van der Waals surface area contributed by atoms with Gasteiger partial charge in [0.15, 0.2) is 0 Å². The van der Waals surface area contributed by atoms with E-state index in [1.807, 2.05) is 34.0 Å². The minimum atomic E-state index is -0.0451. The Bertz CT molecular complexity index is 612. The van der Waals surface area contributed by atoms with Crippen LogP contribution < -0.4 is 9.47 Å². The predicted molar refractivity (Wildman–Crippen MR) is 78.6 cm³/mol. The molecule has 0 radical (unpaired) electrons. The summed E-state index contributed by atoms with van der Waals surface area (Å²) in [4.78, 5) is 14.0. The number of likely N-dealkylation sites (tertiary alicyclic amines) is 1. The number of carbonyl (C=O) groups excluding carboxylic acids is 1. The molecule has 116 valence electrons. The molecule has 0 unspecified atom stereocenters. The molecule has 7 nitrogen and oxygen atoms in total. The highest BCUT2D eigenvalue weighted by molar-refractivity contribution is 5.76. The number of carbonyl (C=O) groups is 1. The predicted octanol–water partition coefficient (Wildman–Crippen LogP) is 0.967. The maximum Gasteiger partial charge on any atom is 0.242 e. The van der Waals surface area contributed by atoms with E-state index in [1.54, 1.807) is 12.1 Å². The fraction of sp³-hybridized carbons (Fsp3) is 0.400. The van der Waals surface area contributed by atoms with Crippen molar-refractivity contribution >= 4 is 5.91 Å². The van der Waals surface area contributed by atoms with E-state index in [-0.39, 0.29) is 12.0 Å². The second-order valence-electron chi connectivity index (χ2n) is 5.14. The van der Waals surface area contributed by atoms with Crippen LogP contribution in [0.5, 0.6) is 11.8 Å². The molecule has 2 aromatic rings. The number of ether oxygens (including phenoxy) is 2. The number of methoxy groups -OCH3 is 1. The first-order chi connectivity index (χ1) is 10.7. The van der Waals surface area contributed by atoms with Gasteiger partial charge in [-0.2, -0.15) is 0 Å². The number of hydrogen-bond acceptors (Lipinski definition) is 5. The Kier molecular flexibility index (Phi) is 4.22. The minimum Gasteiger partial charge on any atom is -0.480 e. The topological polar surface area (TPSA) is 69.5 Å². The molecule has 3 heterocycles. The summed E-state index contributed by atoms with van der Waals surface area (Å²) >= 11 is 0. The second kappa shape index (κ2) is 6.46. The lowest BCUT2D eigenvalue weighted by Gasteiger charge is -2.17. The Labute approximate surface area is 128 Å². The quantitative estimate of drug-likeness (QED) is 0.823. The molecular formula is C15H18N4O3. The Balaban J connectivity index is 1.52. The molecule has 1 fully saturated rings. The SMILES string of the molecule is COc1ccc(O[C@@H]2CCN(C(=O)Cn3cccc3)C2)nn1. The van der Waals surface area contributed by atoms with Crippen LogP contribution in [0.3, 0.4) is 0 Å². The van der Waals surface area contributed by atoms with Gasteiger partial charge in [-0.25, -0.2) is 0 Å². The molecule has 1 amide bonds. The third kappa shape index (κ3) is 3.36. The average molecular weight is 302 g/mol. The Morgan fingerprint density at radius 2 is 2.00 bits per heavy atom. The van der Waals surface area contributed by atoms with Crippen LogP contribution in [0, 0.1) is 0 Å². The highest BCUT2D eigenvalue weighted by Gasteiger charge is 2.27. The Hall–Kier alpha value is -2.57. The van der Waals surface area contributed by atoms with E-state index in [9.17, 15) is 4.79 Å². The van der Waals surface area contributed by atoms with Crippen LogP contribution >= 0.6 is 0 Å². The normalized spacial score (nSPS) is 17.5. The monoisotopic (exact) mass is 302 g/mol. The van der Waals surface area contributed by atoms with Crippen molar-refractivity contribution in [3.63, 3.8) is 0 Å². The van der Waals surface area contributed by atoms with Crippen LogP contribution in [0.2, 0.25) is 0 Å². The molecule has 1 aliphatic rings. The third-order valence-electron chi connectivity index (χ3n) is 3.59. The van der Waals surface area contributed by atoms with Crippen molar-refractivity contribution in [2.45, 2.75) is 19.1 Å². The van der Waals surface area contributed by atoms with Crippen LogP contribution in [-0.2, 0) is 11.3 Å². The molecule has 3 rings (SSSR count). The van der Waals surface area contributed by atoms with Gasteiger partial charge < -0.3 is 18.9 Å². The van der Waals surface area contributed by atoms with Crippen LogP contribution in [0.15, 0.2) is 36.7 Å². The van der Waals surface area contributed by atoms with E-state index < -0.39 is 0 Å². The van der Waals surface area contributed by atoms with E-state index in [0.717, 1.165) is 6.42 Å². The standard InChI is InChI=1S/C15H18N4O3/c1-21-13-4-5-14(17-16-13)22-12-6-9-19(10-12)15(20)11-18-7-2-3-8-18/h2-5,7-8,12H,6,9-11H2,1H3/t12-/m1/s1. The number of nitrogens with zero attached hydrogens (tertiary/aromatic N) is 4. The van der Waals surface area contributed by atoms with Gasteiger partial charge in [-0.1, -0.05) is 0 Å². The number of rotatable bonds is 5. The molecule has 22 heavy (non-hydrogen) atoms. The van der Waals surface area contributed by atoms with Crippen LogP contribution in [0.4, 0.5) is 0 Å². The zero-order valence-corrected chi connectivity index (χ0v) is 12.4. The van der Waals surface area contributed by atoms with E-state index >= 15 is 0 Å². The molecule has 7 heteroatoms. The van der Waals surface area contributed by atoms with Crippen molar-refractivity contribution in [2.24, 2.45) is 0 Å². The first-order valence-electron chi connectivity index (χ1n) is 7.17. The highest BCUT2D eigenvalue weighted by Crippen LogP contribution is 2.17. The summed E-state index contributed by atoms with van der Waals surface area (Å²) in [6, 6.07) is 7.24. The number of aromatic nitrogens is 3. The first-order valence-corrected chi connectivity index (χ1v) is 7.17. The summed E-state index contributed by atoms with van der Waals surface area (Å²) < 4.78 is 12.6. The molecule has 0 aromatic carbocycles. The first kappa shape index (κ1) is 14.4. The zero-order valence-electron chi connectivity index (χ0n) is 12.4. The smallest absolute Gasteiger partial charge is 0.242 e. The lowest BCUT2D eigenvalue weighted by molar-refractivity contribution is -0.131.